The van der Waals surface area contributed by atoms with Crippen LogP contribution in [0.4, 0.5) is 17.6 Å². The van der Waals surface area contributed by atoms with Gasteiger partial charge in [-0.05, 0) is 55.2 Å². The molecule has 40 heavy (non-hydrogen) atoms. The summed E-state index contributed by atoms with van der Waals surface area (Å²) in [6.07, 6.45) is 0.168. The zero-order valence-electron chi connectivity index (χ0n) is 21.3. The second-order valence-electron chi connectivity index (χ2n) is 10.5. The van der Waals surface area contributed by atoms with Crippen molar-refractivity contribution in [3.8, 4) is 0 Å². The van der Waals surface area contributed by atoms with Crippen molar-refractivity contribution in [3.63, 3.8) is 0 Å². The van der Waals surface area contributed by atoms with Gasteiger partial charge in [0.25, 0.3) is 10.1 Å². The Labute approximate surface area is 233 Å². The Balaban J connectivity index is 1.77. The maximum absolute atomic E-state index is 16.8. The SMILES string of the molecule is CS(=O)(=O)c1ccc(C(F)(F)C(F)(F)C2(S(=O)(=O)O)CC3CCC2([S+](c2ccccc2)c2ccccc2)C3)cc1. The van der Waals surface area contributed by atoms with E-state index in [0.717, 1.165) is 18.4 Å². The van der Waals surface area contributed by atoms with Crippen LogP contribution in [0.3, 0.4) is 0 Å². The van der Waals surface area contributed by atoms with E-state index in [2.05, 4.69) is 0 Å². The summed E-state index contributed by atoms with van der Waals surface area (Å²) in [5, 5.41) is 0. The topological polar surface area (TPSA) is 88.5 Å². The van der Waals surface area contributed by atoms with Gasteiger partial charge in [0.15, 0.2) is 24.4 Å². The van der Waals surface area contributed by atoms with Crippen LogP contribution in [0.15, 0.2) is 99.6 Å². The van der Waals surface area contributed by atoms with Gasteiger partial charge in [-0.15, -0.1) is 0 Å². The predicted molar refractivity (Wildman–Crippen MR) is 144 cm³/mol. The number of benzene rings is 3. The van der Waals surface area contributed by atoms with E-state index >= 15 is 17.6 Å². The van der Waals surface area contributed by atoms with Crippen LogP contribution in [0.25, 0.3) is 0 Å². The highest BCUT2D eigenvalue weighted by molar-refractivity contribution is 8.00. The third kappa shape index (κ3) is 4.13. The molecule has 1 N–H and O–H groups in total. The Bertz CT molecular complexity index is 1580. The smallest absolute Gasteiger partial charge is 0.285 e. The van der Waals surface area contributed by atoms with Gasteiger partial charge in [-0.2, -0.15) is 26.0 Å². The largest absolute Gasteiger partial charge is 0.341 e. The van der Waals surface area contributed by atoms with Gasteiger partial charge in [0.2, 0.25) is 4.75 Å². The molecule has 2 saturated carbocycles. The van der Waals surface area contributed by atoms with E-state index < -0.39 is 70.1 Å². The molecule has 12 heteroatoms. The number of hydrogen-bond acceptors (Lipinski definition) is 4. The van der Waals surface area contributed by atoms with Crippen LogP contribution in [0.5, 0.6) is 0 Å². The maximum atomic E-state index is 16.8. The lowest BCUT2D eigenvalue weighted by atomic mass is 9.78. The van der Waals surface area contributed by atoms with Crippen molar-refractivity contribution in [1.29, 1.82) is 0 Å². The van der Waals surface area contributed by atoms with Crippen LogP contribution in [0, 0.1) is 5.92 Å². The molecule has 0 spiro atoms. The van der Waals surface area contributed by atoms with Crippen LogP contribution >= 0.6 is 0 Å². The second kappa shape index (κ2) is 9.57. The highest BCUT2D eigenvalue weighted by Gasteiger charge is 2.89. The Morgan fingerprint density at radius 3 is 1.73 bits per heavy atom. The van der Waals surface area contributed by atoms with E-state index in [0.29, 0.717) is 28.3 Å². The Kier molecular flexibility index (Phi) is 6.96. The van der Waals surface area contributed by atoms with Gasteiger partial charge in [0.05, 0.1) is 15.8 Å². The molecular weight excluding hydrogens is 588 g/mol. The van der Waals surface area contributed by atoms with E-state index in [1.54, 1.807) is 60.7 Å². The molecule has 2 aliphatic carbocycles. The van der Waals surface area contributed by atoms with Gasteiger partial charge >= 0.3 is 11.8 Å². The number of halogens is 4. The normalized spacial score (nSPS) is 25.4. The summed E-state index contributed by atoms with van der Waals surface area (Å²) in [6.45, 7) is 0. The van der Waals surface area contributed by atoms with Gasteiger partial charge < -0.3 is 0 Å². The molecule has 0 aromatic heterocycles. The van der Waals surface area contributed by atoms with Crippen molar-refractivity contribution in [2.75, 3.05) is 6.26 Å². The van der Waals surface area contributed by atoms with E-state index in [1.165, 1.54) is 0 Å². The van der Waals surface area contributed by atoms with E-state index in [-0.39, 0.29) is 17.7 Å². The molecule has 2 aliphatic rings. The van der Waals surface area contributed by atoms with Crippen molar-refractivity contribution in [2.45, 2.75) is 61.7 Å². The molecule has 214 valence electrons. The number of hydrogen-bond donors (Lipinski definition) is 1. The van der Waals surface area contributed by atoms with Crippen molar-refractivity contribution in [1.82, 2.24) is 0 Å². The van der Waals surface area contributed by atoms with Crippen LogP contribution in [-0.4, -0.2) is 43.1 Å². The molecule has 5 rings (SSSR count). The van der Waals surface area contributed by atoms with Gasteiger partial charge in [-0.25, -0.2) is 8.42 Å². The molecule has 0 aliphatic heterocycles. The predicted octanol–water partition coefficient (Wildman–Crippen LogP) is 6.12. The van der Waals surface area contributed by atoms with Crippen molar-refractivity contribution in [3.05, 3.63) is 90.5 Å². The zero-order valence-corrected chi connectivity index (χ0v) is 23.8. The molecular formula is C28H27F4O5S3+. The van der Waals surface area contributed by atoms with Crippen molar-refractivity contribution >= 4 is 30.9 Å². The fourth-order valence-corrected chi connectivity index (χ4v) is 12.6. The lowest BCUT2D eigenvalue weighted by molar-refractivity contribution is -0.240. The fraction of sp³-hybridized carbons (Fsp3) is 0.357. The summed E-state index contributed by atoms with van der Waals surface area (Å²) in [5.41, 5.74) is -1.25. The number of fused-ring (bicyclic) bond motifs is 2. The summed E-state index contributed by atoms with van der Waals surface area (Å²) in [5.74, 6) is -11.0. The lowest BCUT2D eigenvalue weighted by Gasteiger charge is -2.48. The second-order valence-corrected chi connectivity index (χ2v) is 16.5. The first-order valence-corrected chi connectivity index (χ1v) is 17.0. The Morgan fingerprint density at radius 1 is 0.800 bits per heavy atom. The van der Waals surface area contributed by atoms with Crippen molar-refractivity contribution < 1.29 is 39.0 Å². The first-order chi connectivity index (χ1) is 18.6. The number of rotatable bonds is 8. The highest BCUT2D eigenvalue weighted by atomic mass is 32.2. The van der Waals surface area contributed by atoms with Crippen LogP contribution in [0.2, 0.25) is 0 Å². The monoisotopic (exact) mass is 615 g/mol. The first kappa shape index (κ1) is 29.1. The quantitative estimate of drug-likeness (QED) is 0.187. The average molecular weight is 616 g/mol. The molecule has 3 unspecified atom stereocenters. The molecule has 3 aromatic carbocycles. The summed E-state index contributed by atoms with van der Waals surface area (Å²) >= 11 is 0. The van der Waals surface area contributed by atoms with Gasteiger partial charge in [-0.3, -0.25) is 4.55 Å². The molecule has 2 fully saturated rings. The van der Waals surface area contributed by atoms with E-state index in [1.807, 2.05) is 0 Å². The maximum Gasteiger partial charge on any atom is 0.341 e. The molecule has 2 bridgehead atoms. The van der Waals surface area contributed by atoms with Crippen LogP contribution in [-0.2, 0) is 36.8 Å². The highest BCUT2D eigenvalue weighted by Crippen LogP contribution is 2.70. The van der Waals surface area contributed by atoms with Crippen molar-refractivity contribution in [2.24, 2.45) is 5.92 Å². The third-order valence-electron chi connectivity index (χ3n) is 8.22. The van der Waals surface area contributed by atoms with Crippen LogP contribution in [0.1, 0.15) is 31.2 Å². The molecule has 0 radical (unpaired) electrons. The van der Waals surface area contributed by atoms with Gasteiger partial charge in [0, 0.05) is 24.7 Å². The minimum atomic E-state index is -5.81. The summed E-state index contributed by atoms with van der Waals surface area (Å²) in [6, 6.07) is 19.4. The number of sulfone groups is 1. The average Bonchev–Trinajstić information content (AvgIpc) is 3.47. The molecule has 3 atom stereocenters. The minimum absolute atomic E-state index is 0.0849. The van der Waals surface area contributed by atoms with Crippen LogP contribution < -0.4 is 0 Å². The molecule has 3 aromatic rings. The van der Waals surface area contributed by atoms with E-state index in [9.17, 15) is 21.4 Å². The zero-order chi connectivity index (χ0) is 29.2. The third-order valence-corrected chi connectivity index (χ3v) is 14.2. The standard InChI is InChI=1S/C28H26F4O5S3/c1-39(33,34)24-14-12-21(13-15-24)27(29,30)28(31,32)26(40(35,36)37)19-20-16-17-25(26,18-20)38(22-8-4-2-5-9-22)23-10-6-3-7-11-23/h2-15,20H,16-19H2,1H3/p+1. The summed E-state index contributed by atoms with van der Waals surface area (Å²) in [4.78, 5) is 0.646. The van der Waals surface area contributed by atoms with E-state index in [4.69, 9.17) is 0 Å². The molecule has 0 heterocycles. The molecule has 5 nitrogen and oxygen atoms in total. The summed E-state index contributed by atoms with van der Waals surface area (Å²) in [7, 11) is -11.1. The molecule has 0 saturated heterocycles. The lowest BCUT2D eigenvalue weighted by Crippen LogP contribution is -2.72. The summed E-state index contributed by atoms with van der Waals surface area (Å²) < 4.78 is 121. The fourth-order valence-electron chi connectivity index (χ4n) is 6.55. The number of alkyl halides is 4. The minimum Gasteiger partial charge on any atom is -0.285 e. The Morgan fingerprint density at radius 2 is 1.30 bits per heavy atom. The van der Waals surface area contributed by atoms with Gasteiger partial charge in [-0.1, -0.05) is 48.5 Å². The first-order valence-electron chi connectivity index (χ1n) is 12.5. The van der Waals surface area contributed by atoms with Gasteiger partial charge in [0.1, 0.15) is 0 Å². The Hall–Kier alpha value is -2.41. The molecule has 0 amide bonds.